The molecule has 1 fully saturated rings. The van der Waals surface area contributed by atoms with Gasteiger partial charge in [-0.1, -0.05) is 11.6 Å². The molecule has 104 valence electrons. The minimum absolute atomic E-state index is 0.0518. The number of methoxy groups -OCH3 is 1. The van der Waals surface area contributed by atoms with Crippen LogP contribution in [0.4, 0.5) is 5.69 Å². The molecule has 2 N–H and O–H groups in total. The SMILES string of the molecule is COC[C@H](NCC(=O)Nc1ccc(Cl)cc1)C1CC1. The van der Waals surface area contributed by atoms with Gasteiger partial charge in [0.05, 0.1) is 13.2 Å². The average Bonchev–Trinajstić information content (AvgIpc) is 3.21. The van der Waals surface area contributed by atoms with Gasteiger partial charge in [0.25, 0.3) is 0 Å². The van der Waals surface area contributed by atoms with Gasteiger partial charge >= 0.3 is 0 Å². The number of nitrogens with one attached hydrogen (secondary N) is 2. The maximum Gasteiger partial charge on any atom is 0.238 e. The van der Waals surface area contributed by atoms with E-state index in [0.717, 1.165) is 5.69 Å². The van der Waals surface area contributed by atoms with E-state index in [-0.39, 0.29) is 11.9 Å². The first-order valence-electron chi connectivity index (χ1n) is 6.47. The third-order valence-electron chi connectivity index (χ3n) is 3.19. The third-order valence-corrected chi connectivity index (χ3v) is 3.44. The molecule has 0 unspecified atom stereocenters. The zero-order chi connectivity index (χ0) is 13.7. The number of benzene rings is 1. The Morgan fingerprint density at radius 2 is 2.11 bits per heavy atom. The van der Waals surface area contributed by atoms with Gasteiger partial charge in [-0.3, -0.25) is 4.79 Å². The van der Waals surface area contributed by atoms with Crippen LogP contribution in [-0.4, -0.2) is 32.2 Å². The van der Waals surface area contributed by atoms with Crippen LogP contribution < -0.4 is 10.6 Å². The summed E-state index contributed by atoms with van der Waals surface area (Å²) in [5.74, 6) is 0.604. The summed E-state index contributed by atoms with van der Waals surface area (Å²) in [6.07, 6.45) is 2.44. The Labute approximate surface area is 118 Å². The molecular formula is C14H19ClN2O2. The Bertz CT molecular complexity index is 418. The van der Waals surface area contributed by atoms with Crippen molar-refractivity contribution in [3.8, 4) is 0 Å². The highest BCUT2D eigenvalue weighted by Crippen LogP contribution is 2.32. The topological polar surface area (TPSA) is 50.4 Å². The van der Waals surface area contributed by atoms with E-state index < -0.39 is 0 Å². The molecule has 0 spiro atoms. The summed E-state index contributed by atoms with van der Waals surface area (Å²) in [6.45, 7) is 0.950. The standard InChI is InChI=1S/C14H19ClN2O2/c1-19-9-13(10-2-3-10)16-8-14(18)17-12-6-4-11(15)5-7-12/h4-7,10,13,16H,2-3,8-9H2,1H3,(H,17,18)/t13-/m0/s1. The molecule has 19 heavy (non-hydrogen) atoms. The number of halogens is 1. The first-order valence-corrected chi connectivity index (χ1v) is 6.84. The van der Waals surface area contributed by atoms with Crippen LogP contribution in [0.1, 0.15) is 12.8 Å². The van der Waals surface area contributed by atoms with Crippen LogP contribution in [0.25, 0.3) is 0 Å². The number of rotatable bonds is 7. The largest absolute Gasteiger partial charge is 0.383 e. The Kier molecular flexibility index (Phi) is 5.19. The van der Waals surface area contributed by atoms with Crippen molar-refractivity contribution >= 4 is 23.2 Å². The molecule has 0 heterocycles. The van der Waals surface area contributed by atoms with Gasteiger partial charge in [0.1, 0.15) is 0 Å². The van der Waals surface area contributed by atoms with Crippen LogP contribution in [-0.2, 0) is 9.53 Å². The van der Waals surface area contributed by atoms with E-state index in [1.807, 2.05) is 0 Å². The molecule has 1 aliphatic carbocycles. The third kappa shape index (κ3) is 4.82. The highest BCUT2D eigenvalue weighted by atomic mass is 35.5. The molecule has 5 heteroatoms. The lowest BCUT2D eigenvalue weighted by Gasteiger charge is -2.16. The predicted octanol–water partition coefficient (Wildman–Crippen LogP) is 2.29. The summed E-state index contributed by atoms with van der Waals surface area (Å²) in [5, 5.41) is 6.73. The number of anilines is 1. The number of hydrogen-bond donors (Lipinski definition) is 2. The number of ether oxygens (including phenoxy) is 1. The van der Waals surface area contributed by atoms with Crippen molar-refractivity contribution in [1.29, 1.82) is 0 Å². The second-order valence-corrected chi connectivity index (χ2v) is 5.27. The fraction of sp³-hybridized carbons (Fsp3) is 0.500. The molecule has 1 aromatic carbocycles. The average molecular weight is 283 g/mol. The van der Waals surface area contributed by atoms with Gasteiger partial charge in [0.2, 0.25) is 5.91 Å². The minimum Gasteiger partial charge on any atom is -0.383 e. The molecule has 1 atom stereocenters. The molecule has 0 radical (unpaired) electrons. The Hall–Kier alpha value is -1.10. The molecule has 4 nitrogen and oxygen atoms in total. The van der Waals surface area contributed by atoms with Crippen LogP contribution in [0.5, 0.6) is 0 Å². The van der Waals surface area contributed by atoms with Crippen LogP contribution in [0.3, 0.4) is 0 Å². The van der Waals surface area contributed by atoms with Gasteiger partial charge in [-0.2, -0.15) is 0 Å². The van der Waals surface area contributed by atoms with Gasteiger partial charge in [0, 0.05) is 23.9 Å². The highest BCUT2D eigenvalue weighted by molar-refractivity contribution is 6.30. The van der Waals surface area contributed by atoms with Crippen molar-refractivity contribution in [3.63, 3.8) is 0 Å². The van der Waals surface area contributed by atoms with E-state index >= 15 is 0 Å². The van der Waals surface area contributed by atoms with E-state index in [0.29, 0.717) is 24.1 Å². The van der Waals surface area contributed by atoms with Gasteiger partial charge in [-0.05, 0) is 43.0 Å². The lowest BCUT2D eigenvalue weighted by Crippen LogP contribution is -2.40. The zero-order valence-corrected chi connectivity index (χ0v) is 11.7. The second-order valence-electron chi connectivity index (χ2n) is 4.84. The van der Waals surface area contributed by atoms with Crippen LogP contribution in [0, 0.1) is 5.92 Å². The first-order chi connectivity index (χ1) is 9.19. The molecule has 1 aromatic rings. The quantitative estimate of drug-likeness (QED) is 0.807. The van der Waals surface area contributed by atoms with Crippen molar-refractivity contribution in [2.45, 2.75) is 18.9 Å². The van der Waals surface area contributed by atoms with E-state index in [4.69, 9.17) is 16.3 Å². The fourth-order valence-corrected chi connectivity index (χ4v) is 2.13. The van der Waals surface area contributed by atoms with Crippen molar-refractivity contribution in [3.05, 3.63) is 29.3 Å². The molecule has 1 amide bonds. The molecule has 0 bridgehead atoms. The minimum atomic E-state index is -0.0518. The fourth-order valence-electron chi connectivity index (χ4n) is 2.00. The monoisotopic (exact) mass is 282 g/mol. The molecule has 0 saturated heterocycles. The highest BCUT2D eigenvalue weighted by Gasteiger charge is 2.31. The summed E-state index contributed by atoms with van der Waals surface area (Å²) < 4.78 is 5.16. The molecule has 2 rings (SSSR count). The van der Waals surface area contributed by atoms with E-state index in [1.165, 1.54) is 12.8 Å². The smallest absolute Gasteiger partial charge is 0.238 e. The summed E-state index contributed by atoms with van der Waals surface area (Å²) in [6, 6.07) is 7.35. The van der Waals surface area contributed by atoms with Gasteiger partial charge in [-0.25, -0.2) is 0 Å². The second kappa shape index (κ2) is 6.89. The van der Waals surface area contributed by atoms with E-state index in [1.54, 1.807) is 31.4 Å². The van der Waals surface area contributed by atoms with E-state index in [2.05, 4.69) is 10.6 Å². The molecule has 1 saturated carbocycles. The van der Waals surface area contributed by atoms with Crippen LogP contribution >= 0.6 is 11.6 Å². The Balaban J connectivity index is 1.75. The number of hydrogen-bond acceptors (Lipinski definition) is 3. The van der Waals surface area contributed by atoms with Crippen LogP contribution in [0.15, 0.2) is 24.3 Å². The maximum absolute atomic E-state index is 11.8. The molecule has 0 aromatic heterocycles. The first kappa shape index (κ1) is 14.3. The maximum atomic E-state index is 11.8. The van der Waals surface area contributed by atoms with Crippen LogP contribution in [0.2, 0.25) is 5.02 Å². The van der Waals surface area contributed by atoms with Crippen molar-refractivity contribution < 1.29 is 9.53 Å². The Morgan fingerprint density at radius 1 is 1.42 bits per heavy atom. The van der Waals surface area contributed by atoms with Crippen molar-refractivity contribution in [2.24, 2.45) is 5.92 Å². The summed E-state index contributed by atoms with van der Waals surface area (Å²) in [4.78, 5) is 11.8. The normalized spacial score (nSPS) is 16.1. The van der Waals surface area contributed by atoms with Crippen molar-refractivity contribution in [1.82, 2.24) is 5.32 Å². The Morgan fingerprint density at radius 3 is 2.68 bits per heavy atom. The van der Waals surface area contributed by atoms with Gasteiger partial charge in [0.15, 0.2) is 0 Å². The number of carbonyl (C=O) groups is 1. The van der Waals surface area contributed by atoms with Gasteiger partial charge in [-0.15, -0.1) is 0 Å². The molecular weight excluding hydrogens is 264 g/mol. The summed E-state index contributed by atoms with van der Waals surface area (Å²) in [5.41, 5.74) is 0.755. The predicted molar refractivity (Wildman–Crippen MR) is 76.5 cm³/mol. The molecule has 0 aliphatic heterocycles. The zero-order valence-electron chi connectivity index (χ0n) is 11.0. The molecule has 1 aliphatic rings. The number of carbonyl (C=O) groups excluding carboxylic acids is 1. The lowest BCUT2D eigenvalue weighted by molar-refractivity contribution is -0.115. The van der Waals surface area contributed by atoms with E-state index in [9.17, 15) is 4.79 Å². The summed E-state index contributed by atoms with van der Waals surface area (Å²) >= 11 is 5.79. The lowest BCUT2D eigenvalue weighted by atomic mass is 10.2. The van der Waals surface area contributed by atoms with Gasteiger partial charge < -0.3 is 15.4 Å². The summed E-state index contributed by atoms with van der Waals surface area (Å²) in [7, 11) is 1.69. The van der Waals surface area contributed by atoms with Crippen molar-refractivity contribution in [2.75, 3.05) is 25.6 Å². The number of amides is 1.